The maximum absolute atomic E-state index is 12.9. The van der Waals surface area contributed by atoms with Crippen molar-refractivity contribution in [3.8, 4) is 0 Å². The highest BCUT2D eigenvalue weighted by Crippen LogP contribution is 2.42. The van der Waals surface area contributed by atoms with Gasteiger partial charge in [0.05, 0.1) is 5.92 Å². The van der Waals surface area contributed by atoms with Crippen molar-refractivity contribution in [1.29, 1.82) is 0 Å². The lowest BCUT2D eigenvalue weighted by atomic mass is 9.81. The van der Waals surface area contributed by atoms with Crippen LogP contribution in [0.4, 0.5) is 0 Å². The third-order valence-electron chi connectivity index (χ3n) is 4.85. The van der Waals surface area contributed by atoms with Crippen molar-refractivity contribution in [2.45, 2.75) is 66.4 Å². The van der Waals surface area contributed by atoms with Crippen LogP contribution in [-0.4, -0.2) is 33.2 Å². The Kier molecular flexibility index (Phi) is 7.27. The second kappa shape index (κ2) is 8.58. The zero-order valence-electron chi connectivity index (χ0n) is 16.5. The maximum Gasteiger partial charge on any atom is 0.191 e. The van der Waals surface area contributed by atoms with Crippen molar-refractivity contribution < 1.29 is 24.6 Å². The zero-order valence-corrected chi connectivity index (χ0v) is 16.5. The van der Waals surface area contributed by atoms with Gasteiger partial charge in [0.2, 0.25) is 0 Å². The lowest BCUT2D eigenvalue weighted by Gasteiger charge is -2.27. The minimum atomic E-state index is -2.35. The van der Waals surface area contributed by atoms with Gasteiger partial charge in [-0.15, -0.1) is 0 Å². The van der Waals surface area contributed by atoms with Gasteiger partial charge >= 0.3 is 0 Å². The number of hydrogen-bond donors (Lipinski definition) is 2. The third-order valence-corrected chi connectivity index (χ3v) is 4.85. The Balaban J connectivity index is 3.45. The van der Waals surface area contributed by atoms with Crippen LogP contribution < -0.4 is 0 Å². The predicted molar refractivity (Wildman–Crippen MR) is 101 cm³/mol. The number of ketones is 3. The number of aliphatic hydroxyl groups is 2. The van der Waals surface area contributed by atoms with E-state index in [0.717, 1.165) is 11.1 Å². The van der Waals surface area contributed by atoms with Crippen LogP contribution in [0.1, 0.15) is 60.8 Å². The summed E-state index contributed by atoms with van der Waals surface area (Å²) in [5.74, 6) is -4.30. The molecule has 0 bridgehead atoms. The Hall–Kier alpha value is -2.01. The fourth-order valence-electron chi connectivity index (χ4n) is 2.92. The van der Waals surface area contributed by atoms with Crippen LogP contribution in [0.2, 0.25) is 0 Å². The highest BCUT2D eigenvalue weighted by Gasteiger charge is 2.58. The van der Waals surface area contributed by atoms with Crippen molar-refractivity contribution in [2.75, 3.05) is 0 Å². The highest BCUT2D eigenvalue weighted by atomic mass is 16.3. The molecule has 0 saturated carbocycles. The van der Waals surface area contributed by atoms with E-state index in [0.29, 0.717) is 6.42 Å². The molecule has 0 aromatic heterocycles. The van der Waals surface area contributed by atoms with Crippen molar-refractivity contribution in [3.63, 3.8) is 0 Å². The molecule has 0 radical (unpaired) electrons. The number of hydrogen-bond acceptors (Lipinski definition) is 5. The molecule has 1 aliphatic carbocycles. The second-order valence-electron chi connectivity index (χ2n) is 7.51. The molecule has 0 amide bonds. The van der Waals surface area contributed by atoms with Gasteiger partial charge in [0.15, 0.2) is 23.0 Å². The van der Waals surface area contributed by atoms with Gasteiger partial charge < -0.3 is 10.2 Å². The largest absolute Gasteiger partial charge is 0.508 e. The van der Waals surface area contributed by atoms with Gasteiger partial charge in [-0.05, 0) is 40.5 Å². The van der Waals surface area contributed by atoms with E-state index in [2.05, 4.69) is 0 Å². The van der Waals surface area contributed by atoms with Crippen LogP contribution in [0.3, 0.4) is 0 Å². The molecule has 1 aliphatic rings. The smallest absolute Gasteiger partial charge is 0.191 e. The molecule has 0 aromatic rings. The number of aliphatic hydroxyl groups excluding tert-OH is 1. The summed E-state index contributed by atoms with van der Waals surface area (Å²) in [5, 5.41) is 21.7. The van der Waals surface area contributed by atoms with Gasteiger partial charge in [-0.2, -0.15) is 0 Å². The van der Waals surface area contributed by atoms with Gasteiger partial charge in [0.1, 0.15) is 11.3 Å². The molecule has 26 heavy (non-hydrogen) atoms. The first-order valence-corrected chi connectivity index (χ1v) is 9.02. The maximum atomic E-state index is 12.9. The zero-order chi connectivity index (χ0) is 20.2. The molecular formula is C21H30O5. The Bertz CT molecular complexity index is 687. The average Bonchev–Trinajstić information content (AvgIpc) is 2.76. The van der Waals surface area contributed by atoms with Crippen molar-refractivity contribution >= 4 is 17.3 Å². The van der Waals surface area contributed by atoms with E-state index in [1.165, 1.54) is 0 Å². The summed E-state index contributed by atoms with van der Waals surface area (Å²) >= 11 is 0. The highest BCUT2D eigenvalue weighted by molar-refractivity contribution is 6.26. The van der Waals surface area contributed by atoms with Gasteiger partial charge in [0, 0.05) is 12.3 Å². The number of allylic oxidation sites excluding steroid dienone is 5. The number of rotatable bonds is 8. The molecule has 1 unspecified atom stereocenters. The molecule has 3 atom stereocenters. The van der Waals surface area contributed by atoms with Gasteiger partial charge in [-0.1, -0.05) is 37.1 Å². The first-order valence-electron chi connectivity index (χ1n) is 9.02. The van der Waals surface area contributed by atoms with Crippen LogP contribution >= 0.6 is 0 Å². The molecule has 1 rings (SSSR count). The Morgan fingerprint density at radius 2 is 1.69 bits per heavy atom. The normalized spacial score (nSPS) is 23.7. The van der Waals surface area contributed by atoms with Crippen LogP contribution in [0.25, 0.3) is 0 Å². The van der Waals surface area contributed by atoms with Gasteiger partial charge in [0.25, 0.3) is 0 Å². The molecule has 0 saturated heterocycles. The molecule has 0 aliphatic heterocycles. The molecule has 2 N–H and O–H groups in total. The van der Waals surface area contributed by atoms with Gasteiger partial charge in [-0.3, -0.25) is 14.4 Å². The van der Waals surface area contributed by atoms with Crippen LogP contribution in [0.15, 0.2) is 34.6 Å². The molecule has 0 heterocycles. The molecule has 0 aromatic carbocycles. The summed E-state index contributed by atoms with van der Waals surface area (Å²) in [6, 6.07) is 0. The van der Waals surface area contributed by atoms with Gasteiger partial charge in [-0.25, -0.2) is 0 Å². The first-order chi connectivity index (χ1) is 12.0. The van der Waals surface area contributed by atoms with E-state index < -0.39 is 46.1 Å². The number of carbonyl (C=O) groups is 3. The molecule has 144 valence electrons. The number of carbonyl (C=O) groups excluding carboxylic acids is 3. The fraction of sp³-hybridized carbons (Fsp3) is 0.571. The number of Topliss-reactive ketones (excluding diaryl/α,β-unsaturated/α-hetero) is 3. The minimum Gasteiger partial charge on any atom is -0.508 e. The first kappa shape index (κ1) is 22.0. The van der Waals surface area contributed by atoms with Crippen LogP contribution in [0.5, 0.6) is 0 Å². The topological polar surface area (TPSA) is 91.7 Å². The quantitative estimate of drug-likeness (QED) is 0.508. The second-order valence-corrected chi connectivity index (χ2v) is 7.51. The van der Waals surface area contributed by atoms with Crippen LogP contribution in [0, 0.1) is 11.8 Å². The van der Waals surface area contributed by atoms with Crippen molar-refractivity contribution in [3.05, 3.63) is 34.6 Å². The molecule has 5 nitrogen and oxygen atoms in total. The molecule has 5 heteroatoms. The monoisotopic (exact) mass is 362 g/mol. The van der Waals surface area contributed by atoms with E-state index in [1.54, 1.807) is 26.0 Å². The van der Waals surface area contributed by atoms with E-state index in [4.69, 9.17) is 0 Å². The summed E-state index contributed by atoms with van der Waals surface area (Å²) in [5.41, 5.74) is -0.975. The van der Waals surface area contributed by atoms with Crippen LogP contribution in [-0.2, 0) is 14.4 Å². The van der Waals surface area contributed by atoms with E-state index >= 15 is 0 Å². The third kappa shape index (κ3) is 4.21. The van der Waals surface area contributed by atoms with E-state index in [9.17, 15) is 24.6 Å². The Morgan fingerprint density at radius 1 is 1.15 bits per heavy atom. The van der Waals surface area contributed by atoms with Crippen molar-refractivity contribution in [1.82, 2.24) is 0 Å². The summed E-state index contributed by atoms with van der Waals surface area (Å²) in [4.78, 5) is 38.1. The van der Waals surface area contributed by atoms with Crippen molar-refractivity contribution in [2.24, 2.45) is 11.8 Å². The molecule has 0 fully saturated rings. The summed E-state index contributed by atoms with van der Waals surface area (Å²) < 4.78 is 0. The standard InChI is InChI=1S/C21H30O5/c1-7-14(6)18(23)17-19(24)15(10-8-12(2)3)21(26,20(17)25)16(22)11-9-13(4)5/h8-9,14-15,25-26H,7,10-11H2,1-6H3/t14?,15-,21+/m0/s1. The summed E-state index contributed by atoms with van der Waals surface area (Å²) in [7, 11) is 0. The summed E-state index contributed by atoms with van der Waals surface area (Å²) in [6.07, 6.45) is 3.81. The SMILES string of the molecule is CCC(C)C(=O)C1=C(O)[C@](O)(C(=O)CC=C(C)C)[C@@H](CC=C(C)C)C1=O. The minimum absolute atomic E-state index is 0.0829. The lowest BCUT2D eigenvalue weighted by molar-refractivity contribution is -0.144. The Labute approximate surface area is 155 Å². The molecule has 0 spiro atoms. The predicted octanol–water partition coefficient (Wildman–Crippen LogP) is 3.63. The molecular weight excluding hydrogens is 332 g/mol. The van der Waals surface area contributed by atoms with E-state index in [-0.39, 0.29) is 12.8 Å². The lowest BCUT2D eigenvalue weighted by Crippen LogP contribution is -2.46. The summed E-state index contributed by atoms with van der Waals surface area (Å²) in [6.45, 7) is 10.7. The fourth-order valence-corrected chi connectivity index (χ4v) is 2.92. The van der Waals surface area contributed by atoms with E-state index in [1.807, 2.05) is 27.7 Å². The average molecular weight is 362 g/mol. The Morgan fingerprint density at radius 3 is 2.15 bits per heavy atom.